The number of hydrogen-bond acceptors (Lipinski definition) is 14. The minimum atomic E-state index is -1.13. The van der Waals surface area contributed by atoms with Crippen molar-refractivity contribution in [1.82, 2.24) is 45.1 Å². The Balaban J connectivity index is 0.978. The molecule has 1 atom stereocenters. The van der Waals surface area contributed by atoms with Crippen LogP contribution in [0.1, 0.15) is 42.8 Å². The van der Waals surface area contributed by atoms with E-state index < -0.39 is 5.66 Å². The highest BCUT2D eigenvalue weighted by molar-refractivity contribution is 7.99. The lowest BCUT2D eigenvalue weighted by Crippen LogP contribution is -2.39. The van der Waals surface area contributed by atoms with E-state index in [-0.39, 0.29) is 18.3 Å². The third kappa shape index (κ3) is 9.05. The van der Waals surface area contributed by atoms with Gasteiger partial charge in [0.15, 0.2) is 33.4 Å². The summed E-state index contributed by atoms with van der Waals surface area (Å²) in [6.07, 6.45) is 0.963. The molecule has 0 fully saturated rings. The van der Waals surface area contributed by atoms with Gasteiger partial charge in [0.25, 0.3) is 5.89 Å². The lowest BCUT2D eigenvalue weighted by molar-refractivity contribution is 0.132. The summed E-state index contributed by atoms with van der Waals surface area (Å²) < 4.78 is 24.6. The van der Waals surface area contributed by atoms with E-state index in [0.29, 0.717) is 72.4 Å². The predicted octanol–water partition coefficient (Wildman–Crippen LogP) is 11.1. The van der Waals surface area contributed by atoms with Gasteiger partial charge in [0.05, 0.1) is 22.1 Å². The number of nitrogens with one attached hydrogen (secondary N) is 1. The smallest absolute Gasteiger partial charge is 0.258 e. The molecule has 6 heterocycles. The molecule has 0 radical (unpaired) electrons. The van der Waals surface area contributed by atoms with E-state index >= 15 is 0 Å². The first-order valence-corrected chi connectivity index (χ1v) is 23.6. The van der Waals surface area contributed by atoms with E-state index in [2.05, 4.69) is 55.5 Å². The van der Waals surface area contributed by atoms with Crippen LogP contribution in [0.15, 0.2) is 122 Å². The molecule has 19 heteroatoms. The Morgan fingerprint density at radius 3 is 2.28 bits per heavy atom. The average molecular weight is 930 g/mol. The van der Waals surface area contributed by atoms with Gasteiger partial charge in [0, 0.05) is 44.6 Å². The first-order valence-electron chi connectivity index (χ1n) is 19.1. The van der Waals surface area contributed by atoms with Gasteiger partial charge in [-0.3, -0.25) is 4.57 Å². The molecule has 61 heavy (non-hydrogen) atoms. The van der Waals surface area contributed by atoms with Gasteiger partial charge < -0.3 is 13.9 Å². The van der Waals surface area contributed by atoms with Crippen molar-refractivity contribution in [1.29, 1.82) is 0 Å². The van der Waals surface area contributed by atoms with Crippen molar-refractivity contribution in [2.24, 2.45) is 10.9 Å². The lowest BCUT2D eigenvalue weighted by atomic mass is 10.0. The zero-order chi connectivity index (χ0) is 41.9. The summed E-state index contributed by atoms with van der Waals surface area (Å²) >= 11 is 19.6. The second-order valence-corrected chi connectivity index (χ2v) is 19.0. The first-order chi connectivity index (χ1) is 29.7. The highest BCUT2D eigenvalue weighted by atomic mass is 35.5. The van der Waals surface area contributed by atoms with Gasteiger partial charge in [-0.1, -0.05) is 108 Å². The minimum absolute atomic E-state index is 0.260. The molecule has 9 rings (SSSR count). The van der Waals surface area contributed by atoms with E-state index in [4.69, 9.17) is 42.5 Å². The monoisotopic (exact) mass is 928 g/mol. The second-order valence-electron chi connectivity index (χ2n) is 14.4. The van der Waals surface area contributed by atoms with Crippen LogP contribution < -0.4 is 5.48 Å². The topological polar surface area (TPSA) is 134 Å². The van der Waals surface area contributed by atoms with E-state index in [0.717, 1.165) is 33.7 Å². The van der Waals surface area contributed by atoms with Crippen LogP contribution in [-0.4, -0.2) is 51.3 Å². The van der Waals surface area contributed by atoms with Gasteiger partial charge in [-0.05, 0) is 71.6 Å². The summed E-state index contributed by atoms with van der Waals surface area (Å²) in [7, 11) is 0. The number of aromatic nitrogens is 8. The van der Waals surface area contributed by atoms with Crippen molar-refractivity contribution >= 4 is 75.3 Å². The van der Waals surface area contributed by atoms with Crippen LogP contribution in [0.4, 0.5) is 4.39 Å². The molecule has 8 aromatic rings. The van der Waals surface area contributed by atoms with Gasteiger partial charge in [-0.15, -0.1) is 48.5 Å². The Morgan fingerprint density at radius 2 is 1.57 bits per heavy atom. The highest BCUT2D eigenvalue weighted by Crippen LogP contribution is 2.40. The van der Waals surface area contributed by atoms with Crippen LogP contribution in [0.2, 0.25) is 10.0 Å². The van der Waals surface area contributed by atoms with Crippen molar-refractivity contribution in [3.63, 3.8) is 0 Å². The number of aliphatic imine (C=N–C) groups is 1. The quantitative estimate of drug-likeness (QED) is 0.0928. The van der Waals surface area contributed by atoms with Crippen molar-refractivity contribution in [3.8, 4) is 32.9 Å². The van der Waals surface area contributed by atoms with E-state index in [1.54, 1.807) is 53.0 Å². The fourth-order valence-electron chi connectivity index (χ4n) is 6.56. The summed E-state index contributed by atoms with van der Waals surface area (Å²) in [5, 5.41) is 28.7. The van der Waals surface area contributed by atoms with E-state index in [9.17, 15) is 4.39 Å². The molecule has 0 saturated heterocycles. The normalized spacial score (nSPS) is 15.1. The number of benzene rings is 3. The van der Waals surface area contributed by atoms with Gasteiger partial charge >= 0.3 is 0 Å². The molecule has 1 unspecified atom stereocenters. The molecule has 0 spiro atoms. The molecule has 5 aromatic heterocycles. The van der Waals surface area contributed by atoms with Gasteiger partial charge in [-0.25, -0.2) is 9.38 Å². The summed E-state index contributed by atoms with van der Waals surface area (Å²) in [5.41, 5.74) is 4.60. The van der Waals surface area contributed by atoms with Gasteiger partial charge in [-0.2, -0.15) is 4.98 Å². The first kappa shape index (κ1) is 41.5. The van der Waals surface area contributed by atoms with Crippen LogP contribution in [0.5, 0.6) is 0 Å². The number of hydrogen-bond donors (Lipinski definition) is 1. The maximum atomic E-state index is 14.8. The molecule has 0 amide bonds. The predicted molar refractivity (Wildman–Crippen MR) is 241 cm³/mol. The number of rotatable bonds is 16. The van der Waals surface area contributed by atoms with Crippen LogP contribution in [-0.2, 0) is 29.3 Å². The molecule has 0 bridgehead atoms. The number of thioether (sulfide) groups is 2. The Bertz CT molecular complexity index is 2810. The van der Waals surface area contributed by atoms with Crippen molar-refractivity contribution in [3.05, 3.63) is 140 Å². The summed E-state index contributed by atoms with van der Waals surface area (Å²) in [6, 6.07) is 27.5. The summed E-state index contributed by atoms with van der Waals surface area (Å²) in [6.45, 7) is 5.43. The van der Waals surface area contributed by atoms with Gasteiger partial charge in [0.1, 0.15) is 5.82 Å². The van der Waals surface area contributed by atoms with E-state index in [1.807, 2.05) is 63.9 Å². The Labute approximate surface area is 376 Å². The number of halogens is 3. The molecular formula is C42H35Cl2FN10O2S4. The zero-order valence-corrected chi connectivity index (χ0v) is 37.3. The lowest BCUT2D eigenvalue weighted by Gasteiger charge is -2.25. The summed E-state index contributed by atoms with van der Waals surface area (Å²) in [4.78, 5) is 17.9. The number of hydroxylamine groups is 1. The number of thiophene rings is 2. The molecule has 1 aliphatic rings. The standard InChI is InChI=1S/C42H35Cl2FN10O2S4/c1-25(2)16-17-54-36(33-12-6-18-58-33)48-50-40(54)61-24-42(47-39(57-53-42)26-9-5-10-29(43)20-26)30-15-14-27(21-31(30)44)38-46-35(52-56-38)23-60-41-51-49-37(34-13-7-19-59-34)55(41)22-28-8-3-4-11-32(28)45/h3-15,18-21,25,53H,16-17,22-24H2,1-2H3. The molecule has 3 aromatic carbocycles. The molecule has 1 aliphatic heterocycles. The molecule has 12 nitrogen and oxygen atoms in total. The molecular weight excluding hydrogens is 895 g/mol. The third-order valence-corrected chi connectivity index (χ3v) is 14.0. The Hall–Kier alpha value is -4.88. The van der Waals surface area contributed by atoms with Crippen molar-refractivity contribution in [2.45, 2.75) is 55.1 Å². The second kappa shape index (κ2) is 18.2. The Morgan fingerprint density at radius 1 is 0.820 bits per heavy atom. The van der Waals surface area contributed by atoms with Crippen LogP contribution >= 0.6 is 69.4 Å². The molecule has 0 aliphatic carbocycles. The van der Waals surface area contributed by atoms with Crippen molar-refractivity contribution in [2.75, 3.05) is 5.75 Å². The maximum Gasteiger partial charge on any atom is 0.258 e. The maximum absolute atomic E-state index is 14.8. The SMILES string of the molecule is CC(C)CCn1c(SCC2(c3ccc(-c4nc(CSc5nnc(-c6cccs6)n5Cc5ccccc5F)no4)cc3Cl)N=C(c3cccc(Cl)c3)ON2)nnc1-c1cccs1. The zero-order valence-electron chi connectivity index (χ0n) is 32.5. The molecule has 1 N–H and O–H groups in total. The van der Waals surface area contributed by atoms with Crippen LogP contribution in [0.3, 0.4) is 0 Å². The van der Waals surface area contributed by atoms with Crippen molar-refractivity contribution < 1.29 is 13.8 Å². The van der Waals surface area contributed by atoms with E-state index in [1.165, 1.54) is 29.6 Å². The molecule has 0 saturated carbocycles. The molecule has 310 valence electrons. The average Bonchev–Trinajstić information content (AvgIpc) is 4.12. The van der Waals surface area contributed by atoms with Gasteiger partial charge in [0.2, 0.25) is 5.90 Å². The fraction of sp³-hybridized carbons (Fsp3) is 0.214. The van der Waals surface area contributed by atoms with Crippen LogP contribution in [0.25, 0.3) is 32.9 Å². The highest BCUT2D eigenvalue weighted by Gasteiger charge is 2.41. The third-order valence-electron chi connectivity index (χ3n) is 9.68. The largest absolute Gasteiger partial charge is 0.385 e. The minimum Gasteiger partial charge on any atom is -0.385 e. The summed E-state index contributed by atoms with van der Waals surface area (Å²) in [5.74, 6) is 3.47. The number of nitrogens with zero attached hydrogens (tertiary/aromatic N) is 9. The Kier molecular flexibility index (Phi) is 12.4. The van der Waals surface area contributed by atoms with Crippen LogP contribution in [0, 0.1) is 11.7 Å². The fourth-order valence-corrected chi connectivity index (χ4v) is 10.4.